The van der Waals surface area contributed by atoms with Crippen LogP contribution in [0.15, 0.2) is 18.2 Å². The summed E-state index contributed by atoms with van der Waals surface area (Å²) in [5.74, 6) is 5.40. The number of nitrogens with zero attached hydrogens (tertiary/aromatic N) is 1. The summed E-state index contributed by atoms with van der Waals surface area (Å²) in [6.07, 6.45) is 0. The van der Waals surface area contributed by atoms with Gasteiger partial charge in [0, 0.05) is 19.2 Å². The molecule has 1 aromatic rings. The molecule has 0 saturated heterocycles. The fourth-order valence-corrected chi connectivity index (χ4v) is 2.22. The van der Waals surface area contributed by atoms with Crippen molar-refractivity contribution in [2.24, 2.45) is 0 Å². The highest BCUT2D eigenvalue weighted by molar-refractivity contribution is 5.97. The van der Waals surface area contributed by atoms with Crippen molar-refractivity contribution in [3.63, 3.8) is 0 Å². The van der Waals surface area contributed by atoms with Crippen LogP contribution in [-0.2, 0) is 4.74 Å². The second kappa shape index (κ2) is 8.46. The van der Waals surface area contributed by atoms with Gasteiger partial charge in [-0.3, -0.25) is 4.79 Å². The molecule has 1 N–H and O–H groups in total. The van der Waals surface area contributed by atoms with Crippen LogP contribution in [0, 0.1) is 18.8 Å². The van der Waals surface area contributed by atoms with Crippen LogP contribution in [0.5, 0.6) is 0 Å². The van der Waals surface area contributed by atoms with E-state index in [-0.39, 0.29) is 18.6 Å². The van der Waals surface area contributed by atoms with Crippen LogP contribution in [0.3, 0.4) is 0 Å². The Hall–Kier alpha value is -1.83. The summed E-state index contributed by atoms with van der Waals surface area (Å²) in [7, 11) is 1.62. The Balaban J connectivity index is 3.15. The number of aliphatic hydroxyl groups is 1. The van der Waals surface area contributed by atoms with Gasteiger partial charge in [-0.15, -0.1) is 0 Å². The molecule has 114 valence electrons. The molecule has 0 bridgehead atoms. The van der Waals surface area contributed by atoms with E-state index in [4.69, 9.17) is 9.84 Å². The number of hydrogen-bond acceptors (Lipinski definition) is 3. The lowest BCUT2D eigenvalue weighted by Crippen LogP contribution is -2.41. The van der Waals surface area contributed by atoms with Gasteiger partial charge in [-0.05, 0) is 38.5 Å². The SMILES string of the molecule is CCN(C(=O)c1ccc(C)cc1C#CCO)C(C)COC. The van der Waals surface area contributed by atoms with E-state index >= 15 is 0 Å². The monoisotopic (exact) mass is 289 g/mol. The largest absolute Gasteiger partial charge is 0.384 e. The van der Waals surface area contributed by atoms with Gasteiger partial charge in [-0.2, -0.15) is 0 Å². The predicted molar refractivity (Wildman–Crippen MR) is 83.2 cm³/mol. The van der Waals surface area contributed by atoms with Crippen molar-refractivity contribution in [2.45, 2.75) is 26.8 Å². The fraction of sp³-hybridized carbons (Fsp3) is 0.471. The Morgan fingerprint density at radius 3 is 2.76 bits per heavy atom. The topological polar surface area (TPSA) is 49.8 Å². The van der Waals surface area contributed by atoms with E-state index < -0.39 is 0 Å². The smallest absolute Gasteiger partial charge is 0.255 e. The maximum Gasteiger partial charge on any atom is 0.255 e. The van der Waals surface area contributed by atoms with Crippen molar-refractivity contribution in [1.82, 2.24) is 4.90 Å². The molecular weight excluding hydrogens is 266 g/mol. The lowest BCUT2D eigenvalue weighted by molar-refractivity contribution is 0.0579. The van der Waals surface area contributed by atoms with E-state index in [2.05, 4.69) is 11.8 Å². The van der Waals surface area contributed by atoms with Crippen molar-refractivity contribution >= 4 is 5.91 Å². The minimum Gasteiger partial charge on any atom is -0.384 e. The summed E-state index contributed by atoms with van der Waals surface area (Å²) >= 11 is 0. The molecular formula is C17H23NO3. The summed E-state index contributed by atoms with van der Waals surface area (Å²) in [6, 6.07) is 5.55. The maximum atomic E-state index is 12.7. The highest BCUT2D eigenvalue weighted by Crippen LogP contribution is 2.15. The standard InChI is InChI=1S/C17H23NO3/c1-5-18(14(3)12-21-4)17(20)16-9-8-13(2)11-15(16)7-6-10-19/h8-9,11,14,19H,5,10,12H2,1-4H3. The zero-order chi connectivity index (χ0) is 15.8. The summed E-state index contributed by atoms with van der Waals surface area (Å²) in [6.45, 7) is 6.71. The Kier molecular flexibility index (Phi) is 6.93. The summed E-state index contributed by atoms with van der Waals surface area (Å²) in [5.41, 5.74) is 2.24. The highest BCUT2D eigenvalue weighted by atomic mass is 16.5. The molecule has 1 amide bonds. The van der Waals surface area contributed by atoms with Gasteiger partial charge >= 0.3 is 0 Å². The Morgan fingerprint density at radius 2 is 2.19 bits per heavy atom. The number of aliphatic hydroxyl groups excluding tert-OH is 1. The number of ether oxygens (including phenoxy) is 1. The van der Waals surface area contributed by atoms with Crippen LogP contribution >= 0.6 is 0 Å². The molecule has 1 aromatic carbocycles. The zero-order valence-corrected chi connectivity index (χ0v) is 13.1. The first kappa shape index (κ1) is 17.2. The lowest BCUT2D eigenvalue weighted by atomic mass is 10.0. The van der Waals surface area contributed by atoms with Gasteiger partial charge in [0.05, 0.1) is 18.2 Å². The third-order valence-corrected chi connectivity index (χ3v) is 3.25. The molecule has 0 heterocycles. The number of likely N-dealkylation sites (N-methyl/N-ethyl adjacent to an activating group) is 1. The predicted octanol–water partition coefficient (Wildman–Crippen LogP) is 1.84. The molecule has 0 radical (unpaired) electrons. The van der Waals surface area contributed by atoms with Gasteiger partial charge in [0.2, 0.25) is 0 Å². The van der Waals surface area contributed by atoms with E-state index in [1.807, 2.05) is 32.9 Å². The summed E-state index contributed by atoms with van der Waals surface area (Å²) < 4.78 is 5.13. The van der Waals surface area contributed by atoms with Crippen molar-refractivity contribution in [2.75, 3.05) is 26.9 Å². The lowest BCUT2D eigenvalue weighted by Gasteiger charge is -2.28. The average molecular weight is 289 g/mol. The summed E-state index contributed by atoms with van der Waals surface area (Å²) in [5, 5.41) is 8.85. The number of aryl methyl sites for hydroxylation is 1. The second-order valence-electron chi connectivity index (χ2n) is 4.90. The van der Waals surface area contributed by atoms with Crippen molar-refractivity contribution in [3.8, 4) is 11.8 Å². The highest BCUT2D eigenvalue weighted by Gasteiger charge is 2.21. The van der Waals surface area contributed by atoms with Crippen molar-refractivity contribution in [1.29, 1.82) is 0 Å². The van der Waals surface area contributed by atoms with Crippen LogP contribution in [0.1, 0.15) is 35.3 Å². The van der Waals surface area contributed by atoms with E-state index in [1.165, 1.54) is 0 Å². The molecule has 0 aliphatic carbocycles. The molecule has 21 heavy (non-hydrogen) atoms. The molecule has 0 fully saturated rings. The minimum atomic E-state index is -0.223. The second-order valence-corrected chi connectivity index (χ2v) is 4.90. The molecule has 0 saturated carbocycles. The fourth-order valence-electron chi connectivity index (χ4n) is 2.22. The quantitative estimate of drug-likeness (QED) is 0.841. The first-order valence-electron chi connectivity index (χ1n) is 7.05. The minimum absolute atomic E-state index is 0.00699. The number of benzene rings is 1. The van der Waals surface area contributed by atoms with Crippen LogP contribution in [0.2, 0.25) is 0 Å². The van der Waals surface area contributed by atoms with Crippen LogP contribution in [-0.4, -0.2) is 48.8 Å². The Labute approximate surface area is 126 Å². The van der Waals surface area contributed by atoms with Crippen LogP contribution in [0.4, 0.5) is 0 Å². The van der Waals surface area contributed by atoms with Gasteiger partial charge in [-0.1, -0.05) is 17.9 Å². The number of rotatable bonds is 5. The van der Waals surface area contributed by atoms with E-state index in [0.717, 1.165) is 5.56 Å². The van der Waals surface area contributed by atoms with E-state index in [9.17, 15) is 4.79 Å². The molecule has 0 aliphatic heterocycles. The first-order chi connectivity index (χ1) is 10.0. The molecule has 1 unspecified atom stereocenters. The van der Waals surface area contributed by atoms with E-state index in [0.29, 0.717) is 24.3 Å². The van der Waals surface area contributed by atoms with Gasteiger partial charge < -0.3 is 14.7 Å². The number of carbonyl (C=O) groups excluding carboxylic acids is 1. The number of hydrogen-bond donors (Lipinski definition) is 1. The molecule has 1 atom stereocenters. The number of methoxy groups -OCH3 is 1. The van der Waals surface area contributed by atoms with Gasteiger partial charge in [0.25, 0.3) is 5.91 Å². The molecule has 0 aliphatic rings. The molecule has 0 aromatic heterocycles. The number of amides is 1. The Morgan fingerprint density at radius 1 is 1.48 bits per heavy atom. The third-order valence-electron chi connectivity index (χ3n) is 3.25. The van der Waals surface area contributed by atoms with Gasteiger partial charge in [-0.25, -0.2) is 0 Å². The van der Waals surface area contributed by atoms with Gasteiger partial charge in [0.15, 0.2) is 0 Å². The van der Waals surface area contributed by atoms with Gasteiger partial charge in [0.1, 0.15) is 6.61 Å². The third kappa shape index (κ3) is 4.59. The normalized spacial score (nSPS) is 11.5. The molecule has 0 spiro atoms. The molecule has 4 nitrogen and oxygen atoms in total. The van der Waals surface area contributed by atoms with Crippen molar-refractivity contribution < 1.29 is 14.6 Å². The maximum absolute atomic E-state index is 12.7. The van der Waals surface area contributed by atoms with Crippen LogP contribution in [0.25, 0.3) is 0 Å². The summed E-state index contributed by atoms with van der Waals surface area (Å²) in [4.78, 5) is 14.5. The molecule has 1 rings (SSSR count). The van der Waals surface area contributed by atoms with Crippen molar-refractivity contribution in [3.05, 3.63) is 34.9 Å². The Bertz CT molecular complexity index is 543. The molecule has 4 heteroatoms. The van der Waals surface area contributed by atoms with Crippen LogP contribution < -0.4 is 0 Å². The average Bonchev–Trinajstić information content (AvgIpc) is 2.46. The zero-order valence-electron chi connectivity index (χ0n) is 13.1. The van der Waals surface area contributed by atoms with E-state index in [1.54, 1.807) is 18.1 Å². The number of carbonyl (C=O) groups is 1. The first-order valence-corrected chi connectivity index (χ1v) is 7.05.